The van der Waals surface area contributed by atoms with E-state index in [2.05, 4.69) is 18.8 Å². The Morgan fingerprint density at radius 3 is 1.85 bits per heavy atom. The molecule has 1 rings (SSSR count). The monoisotopic (exact) mass is 183 g/mol. The fraction of sp³-hybridized carbons (Fsp3) is 0.545. The van der Waals surface area contributed by atoms with E-state index in [1.54, 1.807) is 13.1 Å². The average molecular weight is 183 g/mol. The zero-order chi connectivity index (χ0) is 10.5. The van der Waals surface area contributed by atoms with E-state index >= 15 is 0 Å². The molecule has 0 spiro atoms. The number of hydrogen-bond donors (Lipinski definition) is 1. The van der Waals surface area contributed by atoms with Crippen molar-refractivity contribution in [3.63, 3.8) is 0 Å². The van der Waals surface area contributed by atoms with Crippen molar-refractivity contribution < 1.29 is 5.11 Å². The Kier molecular flexibility index (Phi) is 15.4. The lowest BCUT2D eigenvalue weighted by atomic mass is 10.4. The molecular weight excluding hydrogens is 162 g/mol. The van der Waals surface area contributed by atoms with E-state index in [4.69, 9.17) is 5.11 Å². The minimum Gasteiger partial charge on any atom is -0.397 e. The summed E-state index contributed by atoms with van der Waals surface area (Å²) < 4.78 is 0. The van der Waals surface area contributed by atoms with Crippen LogP contribution in [-0.2, 0) is 0 Å². The van der Waals surface area contributed by atoms with Gasteiger partial charge in [0, 0.05) is 18.5 Å². The Morgan fingerprint density at radius 2 is 1.69 bits per heavy atom. The first-order valence-corrected chi connectivity index (χ1v) is 4.71. The molecule has 76 valence electrons. The van der Waals surface area contributed by atoms with Crippen LogP contribution in [0.15, 0.2) is 24.4 Å². The molecule has 1 N–H and O–H groups in total. The van der Waals surface area contributed by atoms with Crippen LogP contribution in [0.4, 0.5) is 0 Å². The predicted molar refractivity (Wildman–Crippen MR) is 57.7 cm³/mol. The van der Waals surface area contributed by atoms with Gasteiger partial charge in [-0.2, -0.15) is 0 Å². The maximum Gasteiger partial charge on any atom is 0.0402 e. The Balaban J connectivity index is 0. The molecule has 0 saturated carbocycles. The van der Waals surface area contributed by atoms with Gasteiger partial charge < -0.3 is 5.11 Å². The third-order valence-electron chi connectivity index (χ3n) is 0.813. The van der Waals surface area contributed by atoms with Crippen LogP contribution in [0, 0.1) is 6.92 Å². The highest BCUT2D eigenvalue weighted by Gasteiger charge is 1.73. The van der Waals surface area contributed by atoms with Crippen molar-refractivity contribution in [2.75, 3.05) is 6.61 Å². The lowest BCUT2D eigenvalue weighted by Crippen LogP contribution is -1.72. The molecule has 0 aliphatic carbocycles. The molecule has 1 heterocycles. The average Bonchev–Trinajstić information content (AvgIpc) is 2.08. The predicted octanol–water partition coefficient (Wildman–Crippen LogP) is 2.80. The quantitative estimate of drug-likeness (QED) is 0.671. The normalized spacial score (nSPS) is 7.46. The van der Waals surface area contributed by atoms with Gasteiger partial charge in [-0.25, -0.2) is 0 Å². The second kappa shape index (κ2) is 13.7. The van der Waals surface area contributed by atoms with Gasteiger partial charge in [-0.1, -0.05) is 26.3 Å². The third-order valence-corrected chi connectivity index (χ3v) is 0.813. The zero-order valence-corrected chi connectivity index (χ0v) is 9.12. The Bertz CT molecular complexity index is 161. The first kappa shape index (κ1) is 14.6. The second-order valence-corrected chi connectivity index (χ2v) is 2.49. The number of rotatable bonds is 0. The van der Waals surface area contributed by atoms with Gasteiger partial charge in [0.1, 0.15) is 0 Å². The summed E-state index contributed by atoms with van der Waals surface area (Å²) in [5.41, 5.74) is 1.07. The van der Waals surface area contributed by atoms with Crippen LogP contribution in [0.25, 0.3) is 0 Å². The van der Waals surface area contributed by atoms with Crippen LogP contribution in [0.1, 0.15) is 32.9 Å². The maximum absolute atomic E-state index is 7.57. The van der Waals surface area contributed by atoms with Crippen molar-refractivity contribution in [2.45, 2.75) is 34.1 Å². The number of hydrogen-bond acceptors (Lipinski definition) is 2. The van der Waals surface area contributed by atoms with Crippen molar-refractivity contribution in [3.05, 3.63) is 30.1 Å². The third kappa shape index (κ3) is 18.2. The van der Waals surface area contributed by atoms with Crippen molar-refractivity contribution in [2.24, 2.45) is 0 Å². The summed E-state index contributed by atoms with van der Waals surface area (Å²) >= 11 is 0. The van der Waals surface area contributed by atoms with Gasteiger partial charge in [0.15, 0.2) is 0 Å². The van der Waals surface area contributed by atoms with E-state index < -0.39 is 0 Å². The summed E-state index contributed by atoms with van der Waals surface area (Å²) in [6, 6.07) is 5.86. The highest BCUT2D eigenvalue weighted by Crippen LogP contribution is 1.85. The molecule has 0 saturated heterocycles. The van der Waals surface area contributed by atoms with Gasteiger partial charge in [0.2, 0.25) is 0 Å². The van der Waals surface area contributed by atoms with Crippen molar-refractivity contribution in [3.8, 4) is 0 Å². The van der Waals surface area contributed by atoms with E-state index in [9.17, 15) is 0 Å². The molecule has 0 fully saturated rings. The summed E-state index contributed by atoms with van der Waals surface area (Å²) in [7, 11) is 0. The number of nitrogens with zero attached hydrogens (tertiary/aromatic N) is 1. The number of aromatic nitrogens is 1. The summed E-state index contributed by atoms with van der Waals surface area (Å²) in [4.78, 5) is 3.98. The fourth-order valence-corrected chi connectivity index (χ4v) is 0.448. The Labute approximate surface area is 81.6 Å². The number of aliphatic hydroxyl groups excluding tert-OH is 1. The van der Waals surface area contributed by atoms with Crippen LogP contribution >= 0.6 is 0 Å². The molecule has 0 unspecified atom stereocenters. The first-order valence-electron chi connectivity index (χ1n) is 4.71. The first-order chi connectivity index (χ1) is 6.22. The van der Waals surface area contributed by atoms with Crippen LogP contribution < -0.4 is 0 Å². The van der Waals surface area contributed by atoms with Gasteiger partial charge in [-0.3, -0.25) is 4.98 Å². The number of pyridine rings is 1. The van der Waals surface area contributed by atoms with E-state index in [0.717, 1.165) is 5.69 Å². The summed E-state index contributed by atoms with van der Waals surface area (Å²) in [5.74, 6) is 0. The van der Waals surface area contributed by atoms with Gasteiger partial charge in [0.25, 0.3) is 0 Å². The molecule has 0 aliphatic heterocycles. The molecule has 0 atom stereocenters. The largest absolute Gasteiger partial charge is 0.397 e. The SMILES string of the molecule is CCC.CCO.Cc1ccccn1. The van der Waals surface area contributed by atoms with Crippen molar-refractivity contribution in [1.29, 1.82) is 0 Å². The van der Waals surface area contributed by atoms with Crippen LogP contribution in [0.5, 0.6) is 0 Å². The number of aliphatic hydroxyl groups is 1. The highest BCUT2D eigenvalue weighted by atomic mass is 16.2. The summed E-state index contributed by atoms with van der Waals surface area (Å²) in [6.45, 7) is 8.15. The highest BCUT2D eigenvalue weighted by molar-refractivity contribution is 4.99. The molecule has 13 heavy (non-hydrogen) atoms. The number of aryl methyl sites for hydroxylation is 1. The van der Waals surface area contributed by atoms with Crippen molar-refractivity contribution >= 4 is 0 Å². The van der Waals surface area contributed by atoms with E-state index in [0.29, 0.717) is 0 Å². The molecule has 1 aromatic heterocycles. The minimum absolute atomic E-state index is 0.250. The lowest BCUT2D eigenvalue weighted by Gasteiger charge is -1.82. The topological polar surface area (TPSA) is 33.1 Å². The summed E-state index contributed by atoms with van der Waals surface area (Å²) in [5, 5.41) is 7.57. The Morgan fingerprint density at radius 1 is 1.23 bits per heavy atom. The molecule has 2 nitrogen and oxygen atoms in total. The second-order valence-electron chi connectivity index (χ2n) is 2.49. The summed E-state index contributed by atoms with van der Waals surface area (Å²) in [6.07, 6.45) is 3.04. The molecule has 0 radical (unpaired) electrons. The van der Waals surface area contributed by atoms with Crippen LogP contribution in [0.3, 0.4) is 0 Å². The maximum atomic E-state index is 7.57. The van der Waals surface area contributed by atoms with E-state index in [1.165, 1.54) is 6.42 Å². The molecule has 2 heteroatoms. The minimum atomic E-state index is 0.250. The molecule has 0 aliphatic rings. The van der Waals surface area contributed by atoms with Gasteiger partial charge in [0.05, 0.1) is 0 Å². The lowest BCUT2D eigenvalue weighted by molar-refractivity contribution is 0.318. The fourth-order valence-electron chi connectivity index (χ4n) is 0.448. The van der Waals surface area contributed by atoms with Crippen LogP contribution in [-0.4, -0.2) is 16.7 Å². The van der Waals surface area contributed by atoms with Crippen molar-refractivity contribution in [1.82, 2.24) is 4.98 Å². The van der Waals surface area contributed by atoms with E-state index in [1.807, 2.05) is 25.1 Å². The molecule has 1 aromatic rings. The smallest absolute Gasteiger partial charge is 0.0402 e. The molecule has 0 bridgehead atoms. The van der Waals surface area contributed by atoms with E-state index in [-0.39, 0.29) is 6.61 Å². The zero-order valence-electron chi connectivity index (χ0n) is 9.12. The van der Waals surface area contributed by atoms with Gasteiger partial charge >= 0.3 is 0 Å². The van der Waals surface area contributed by atoms with Gasteiger partial charge in [-0.15, -0.1) is 0 Å². The molecule has 0 amide bonds. The van der Waals surface area contributed by atoms with Crippen LogP contribution in [0.2, 0.25) is 0 Å². The molecule has 0 aromatic carbocycles. The Hall–Kier alpha value is -0.890. The standard InChI is InChI=1S/C6H7N.C3H8.C2H6O/c1-6-4-2-3-5-7-6;1-3-2;1-2-3/h2-5H,1H3;3H2,1-2H3;3H,2H2,1H3. The van der Waals surface area contributed by atoms with Gasteiger partial charge in [-0.05, 0) is 26.0 Å². The molecular formula is C11H21NO.